The Kier molecular flexibility index (Phi) is 2.78. The van der Waals surface area contributed by atoms with E-state index in [9.17, 15) is 9.59 Å². The lowest BCUT2D eigenvalue weighted by molar-refractivity contribution is -0.125. The Labute approximate surface area is 141 Å². The number of anilines is 2. The van der Waals surface area contributed by atoms with Crippen LogP contribution in [0.2, 0.25) is 0 Å². The molecule has 0 heterocycles. The van der Waals surface area contributed by atoms with E-state index in [0.29, 0.717) is 0 Å². The Hall–Kier alpha value is -2.62. The molecule has 122 valence electrons. The number of Topliss-reactive ketones (excluding diaryl/α,β-unsaturated/α-hetero) is 2. The van der Waals surface area contributed by atoms with Crippen LogP contribution < -0.4 is 9.80 Å². The molecule has 24 heavy (non-hydrogen) atoms. The van der Waals surface area contributed by atoms with Crippen molar-refractivity contribution in [3.8, 4) is 0 Å². The van der Waals surface area contributed by atoms with Crippen LogP contribution >= 0.6 is 0 Å². The summed E-state index contributed by atoms with van der Waals surface area (Å²) >= 11 is 0. The molecule has 4 rings (SSSR count). The number of nitrogens with zero attached hydrogens (tertiary/aromatic N) is 2. The number of ketones is 2. The molecule has 0 unspecified atom stereocenters. The van der Waals surface area contributed by atoms with Crippen LogP contribution in [0.1, 0.15) is 11.1 Å². The second-order valence-electron chi connectivity index (χ2n) is 7.04. The molecule has 0 bridgehead atoms. The highest BCUT2D eigenvalue weighted by Crippen LogP contribution is 2.78. The van der Waals surface area contributed by atoms with Crippen molar-refractivity contribution >= 4 is 22.9 Å². The van der Waals surface area contributed by atoms with Gasteiger partial charge in [0, 0.05) is 39.6 Å². The van der Waals surface area contributed by atoms with Crippen LogP contribution in [0.4, 0.5) is 11.4 Å². The fourth-order valence-corrected chi connectivity index (χ4v) is 3.88. The molecule has 0 amide bonds. The lowest BCUT2D eigenvalue weighted by Gasteiger charge is -2.12. The zero-order valence-corrected chi connectivity index (χ0v) is 14.3. The summed E-state index contributed by atoms with van der Waals surface area (Å²) < 4.78 is 0. The second-order valence-corrected chi connectivity index (χ2v) is 7.04. The normalized spacial score (nSPS) is 26.8. The van der Waals surface area contributed by atoms with Crippen molar-refractivity contribution in [3.05, 3.63) is 59.7 Å². The summed E-state index contributed by atoms with van der Waals surface area (Å²) in [6.45, 7) is 0. The third-order valence-corrected chi connectivity index (χ3v) is 5.43. The largest absolute Gasteiger partial charge is 0.378 e. The van der Waals surface area contributed by atoms with E-state index in [0.717, 1.165) is 22.5 Å². The Morgan fingerprint density at radius 2 is 0.875 bits per heavy atom. The number of fused-ring (bicyclic) bond motifs is 1. The summed E-state index contributed by atoms with van der Waals surface area (Å²) in [5, 5.41) is 0. The third-order valence-electron chi connectivity index (χ3n) is 5.43. The van der Waals surface area contributed by atoms with Gasteiger partial charge in [-0.05, 0) is 35.4 Å². The van der Waals surface area contributed by atoms with Gasteiger partial charge in [0.15, 0.2) is 11.6 Å². The summed E-state index contributed by atoms with van der Waals surface area (Å²) in [5.74, 6) is 0.0745. The molecule has 0 atom stereocenters. The smallest absolute Gasteiger partial charge is 0.172 e. The van der Waals surface area contributed by atoms with E-state index in [4.69, 9.17) is 0 Å². The number of carbonyl (C=O) groups excluding carboxylic acids is 2. The minimum Gasteiger partial charge on any atom is -0.378 e. The van der Waals surface area contributed by atoms with Crippen molar-refractivity contribution in [2.75, 3.05) is 38.0 Å². The summed E-state index contributed by atoms with van der Waals surface area (Å²) in [4.78, 5) is 29.2. The highest BCUT2D eigenvalue weighted by atomic mass is 16.2. The van der Waals surface area contributed by atoms with Crippen LogP contribution in [0.25, 0.3) is 0 Å². The predicted octanol–water partition coefficient (Wildman–Crippen LogP) is 2.16. The molecule has 0 saturated heterocycles. The molecule has 4 nitrogen and oxygen atoms in total. The molecule has 2 aromatic rings. The molecule has 4 heteroatoms. The number of benzene rings is 2. The second kappa shape index (κ2) is 4.47. The molecule has 2 saturated carbocycles. The maximum Gasteiger partial charge on any atom is 0.172 e. The highest BCUT2D eigenvalue weighted by molar-refractivity contribution is 6.60. The summed E-state index contributed by atoms with van der Waals surface area (Å²) in [7, 11) is 7.87. The van der Waals surface area contributed by atoms with Crippen molar-refractivity contribution in [3.63, 3.8) is 0 Å². The predicted molar refractivity (Wildman–Crippen MR) is 94.9 cm³/mol. The van der Waals surface area contributed by atoms with E-state index < -0.39 is 10.8 Å². The SMILES string of the molecule is CN(C)c1ccc(C23C(=O)C2(c2ccc(N(C)C)cc2)C3=O)cc1. The minimum absolute atomic E-state index is 0.0372. The van der Waals surface area contributed by atoms with Gasteiger partial charge in [0.25, 0.3) is 0 Å². The molecule has 0 radical (unpaired) electrons. The maximum absolute atomic E-state index is 12.6. The number of rotatable bonds is 4. The van der Waals surface area contributed by atoms with E-state index in [1.165, 1.54) is 0 Å². The van der Waals surface area contributed by atoms with E-state index >= 15 is 0 Å². The summed E-state index contributed by atoms with van der Waals surface area (Å²) in [6.07, 6.45) is 0. The molecule has 2 fully saturated rings. The van der Waals surface area contributed by atoms with Gasteiger partial charge in [-0.2, -0.15) is 0 Å². The Balaban J connectivity index is 1.71. The van der Waals surface area contributed by atoms with E-state index in [1.54, 1.807) is 0 Å². The Bertz CT molecular complexity index is 763. The fourth-order valence-electron chi connectivity index (χ4n) is 3.88. The maximum atomic E-state index is 12.6. The van der Waals surface area contributed by atoms with E-state index in [-0.39, 0.29) is 11.6 Å². The van der Waals surface area contributed by atoms with Gasteiger partial charge >= 0.3 is 0 Å². The topological polar surface area (TPSA) is 40.6 Å². The first-order valence-corrected chi connectivity index (χ1v) is 8.04. The van der Waals surface area contributed by atoms with Gasteiger partial charge in [0.1, 0.15) is 10.8 Å². The third kappa shape index (κ3) is 1.49. The Morgan fingerprint density at radius 3 is 1.12 bits per heavy atom. The van der Waals surface area contributed by atoms with Crippen molar-refractivity contribution in [2.24, 2.45) is 0 Å². The minimum atomic E-state index is -0.919. The molecular formula is C20H20N2O2. The lowest BCUT2D eigenvalue weighted by Crippen LogP contribution is -2.17. The average molecular weight is 320 g/mol. The first-order valence-electron chi connectivity index (χ1n) is 8.04. The molecule has 2 aromatic carbocycles. The molecule has 0 N–H and O–H groups in total. The van der Waals surface area contributed by atoms with Crippen LogP contribution in [0.15, 0.2) is 48.5 Å². The first-order chi connectivity index (χ1) is 11.4. The van der Waals surface area contributed by atoms with Crippen LogP contribution in [-0.2, 0) is 20.4 Å². The number of hydrogen-bond acceptors (Lipinski definition) is 4. The van der Waals surface area contributed by atoms with E-state index in [2.05, 4.69) is 0 Å². The summed E-state index contributed by atoms with van der Waals surface area (Å²) in [5.41, 5.74) is 1.91. The van der Waals surface area contributed by atoms with Gasteiger partial charge in [-0.3, -0.25) is 9.59 Å². The van der Waals surface area contributed by atoms with Gasteiger partial charge in [0.2, 0.25) is 0 Å². The van der Waals surface area contributed by atoms with Gasteiger partial charge in [-0.25, -0.2) is 0 Å². The fraction of sp³-hybridized carbons (Fsp3) is 0.300. The van der Waals surface area contributed by atoms with Crippen LogP contribution in [0.5, 0.6) is 0 Å². The van der Waals surface area contributed by atoms with Crippen molar-refractivity contribution in [1.29, 1.82) is 0 Å². The first kappa shape index (κ1) is 14.9. The van der Waals surface area contributed by atoms with Gasteiger partial charge in [0.05, 0.1) is 0 Å². The standard InChI is InChI=1S/C20H20N2O2/c1-21(2)15-9-5-13(6-10-15)19-17(23)20(19,18(19)24)14-7-11-16(12-8-14)22(3)4/h5-12H,1-4H3. The average Bonchev–Trinajstić information content (AvgIpc) is 3.38. The van der Waals surface area contributed by atoms with Crippen LogP contribution in [0.3, 0.4) is 0 Å². The molecule has 0 spiro atoms. The lowest BCUT2D eigenvalue weighted by atomic mass is 10.0. The van der Waals surface area contributed by atoms with Crippen molar-refractivity contribution in [2.45, 2.75) is 10.8 Å². The van der Waals surface area contributed by atoms with Crippen molar-refractivity contribution in [1.82, 2.24) is 0 Å². The molecule has 0 aliphatic heterocycles. The Morgan fingerprint density at radius 1 is 0.583 bits per heavy atom. The zero-order valence-electron chi connectivity index (χ0n) is 14.3. The number of hydrogen-bond donors (Lipinski definition) is 0. The van der Waals surface area contributed by atoms with Gasteiger partial charge < -0.3 is 9.80 Å². The van der Waals surface area contributed by atoms with Crippen molar-refractivity contribution < 1.29 is 9.59 Å². The molecular weight excluding hydrogens is 300 g/mol. The van der Waals surface area contributed by atoms with Crippen LogP contribution in [0, 0.1) is 0 Å². The van der Waals surface area contributed by atoms with Crippen LogP contribution in [-0.4, -0.2) is 39.8 Å². The highest BCUT2D eigenvalue weighted by Gasteiger charge is 3.02. The molecule has 0 aromatic heterocycles. The van der Waals surface area contributed by atoms with E-state index in [1.807, 2.05) is 86.5 Å². The molecule has 2 aliphatic carbocycles. The monoisotopic (exact) mass is 320 g/mol. The quantitative estimate of drug-likeness (QED) is 0.810. The van der Waals surface area contributed by atoms with Gasteiger partial charge in [-0.1, -0.05) is 24.3 Å². The number of carbonyl (C=O) groups is 2. The molecule has 2 aliphatic rings. The zero-order chi connectivity index (χ0) is 17.3. The summed E-state index contributed by atoms with van der Waals surface area (Å²) in [6, 6.07) is 15.5. The van der Waals surface area contributed by atoms with Gasteiger partial charge in [-0.15, -0.1) is 0 Å².